The van der Waals surface area contributed by atoms with E-state index in [0.29, 0.717) is 11.4 Å². The van der Waals surface area contributed by atoms with E-state index in [-0.39, 0.29) is 23.6 Å². The van der Waals surface area contributed by atoms with E-state index in [1.165, 1.54) is 11.1 Å². The molecule has 0 bridgehead atoms. The van der Waals surface area contributed by atoms with E-state index in [4.69, 9.17) is 15.2 Å². The van der Waals surface area contributed by atoms with Crippen molar-refractivity contribution in [2.24, 2.45) is 5.73 Å². The minimum absolute atomic E-state index is 0.0653. The van der Waals surface area contributed by atoms with Gasteiger partial charge in [-0.15, -0.1) is 10.2 Å². The first-order chi connectivity index (χ1) is 16.4. The minimum atomic E-state index is -0.735. The summed E-state index contributed by atoms with van der Waals surface area (Å²) < 4.78 is 11.1. The third kappa shape index (κ3) is 4.92. The van der Waals surface area contributed by atoms with Gasteiger partial charge in [0.05, 0.1) is 18.9 Å². The molecule has 0 aliphatic carbocycles. The zero-order valence-electron chi connectivity index (χ0n) is 19.8. The number of primary amides is 1. The quantitative estimate of drug-likeness (QED) is 0.461. The van der Waals surface area contributed by atoms with Gasteiger partial charge >= 0.3 is 0 Å². The Kier molecular flexibility index (Phi) is 6.90. The van der Waals surface area contributed by atoms with Gasteiger partial charge in [-0.05, 0) is 49.7 Å². The van der Waals surface area contributed by atoms with Crippen LogP contribution in [0.5, 0.6) is 5.75 Å². The summed E-state index contributed by atoms with van der Waals surface area (Å²) in [6.45, 7) is 3.78. The molecule has 0 radical (unpaired) electrons. The van der Waals surface area contributed by atoms with Gasteiger partial charge in [-0.25, -0.2) is 0 Å². The second kappa shape index (κ2) is 10.0. The largest absolute Gasteiger partial charge is 0.495 e. The number of fused-ring (bicyclic) bond motifs is 1. The lowest BCUT2D eigenvalue weighted by molar-refractivity contribution is 0.0995. The van der Waals surface area contributed by atoms with Crippen LogP contribution >= 0.6 is 0 Å². The maximum Gasteiger partial charge on any atom is 0.273 e. The van der Waals surface area contributed by atoms with Crippen molar-refractivity contribution in [3.8, 4) is 5.75 Å². The molecule has 1 aliphatic rings. The van der Waals surface area contributed by atoms with Crippen LogP contribution in [0, 0.1) is 0 Å². The maximum absolute atomic E-state index is 12.0. The average Bonchev–Trinajstić information content (AvgIpc) is 2.83. The Morgan fingerprint density at radius 3 is 2.65 bits per heavy atom. The lowest BCUT2D eigenvalue weighted by Gasteiger charge is -2.26. The zero-order valence-corrected chi connectivity index (χ0v) is 19.8. The topological polar surface area (TPSA) is 128 Å². The normalized spacial score (nSPS) is 14.2. The molecule has 1 aliphatic heterocycles. The van der Waals surface area contributed by atoms with Gasteiger partial charge in [0, 0.05) is 31.5 Å². The molecule has 4 rings (SSSR count). The summed E-state index contributed by atoms with van der Waals surface area (Å²) in [6, 6.07) is 11.7. The van der Waals surface area contributed by atoms with Crippen molar-refractivity contribution in [3.63, 3.8) is 0 Å². The SMILES string of the molecule is COc1cc2c(cc1Nc1nnc(C(N)=O)c(Nc3ccccc3[C@@H](C)OC)n1)CN(C)CC2. The number of rotatable bonds is 8. The number of aromatic nitrogens is 3. The number of hydrogen-bond acceptors (Lipinski definition) is 9. The Hall–Kier alpha value is -3.76. The highest BCUT2D eigenvalue weighted by Crippen LogP contribution is 2.33. The molecule has 10 heteroatoms. The molecule has 178 valence electrons. The van der Waals surface area contributed by atoms with Crippen molar-refractivity contribution in [2.75, 3.05) is 38.4 Å². The zero-order chi connectivity index (χ0) is 24.2. The number of nitrogens with zero attached hydrogens (tertiary/aromatic N) is 4. The predicted molar refractivity (Wildman–Crippen MR) is 130 cm³/mol. The number of para-hydroxylation sites is 1. The van der Waals surface area contributed by atoms with Crippen molar-refractivity contribution >= 4 is 29.0 Å². The summed E-state index contributed by atoms with van der Waals surface area (Å²) in [4.78, 5) is 18.8. The number of carbonyl (C=O) groups excluding carboxylic acids is 1. The number of hydrogen-bond donors (Lipinski definition) is 3. The second-order valence-electron chi connectivity index (χ2n) is 8.22. The van der Waals surface area contributed by atoms with Crippen LogP contribution in [0.2, 0.25) is 0 Å². The van der Waals surface area contributed by atoms with Crippen LogP contribution < -0.4 is 21.1 Å². The Bertz CT molecular complexity index is 1200. The fraction of sp³-hybridized carbons (Fsp3) is 0.333. The molecule has 4 N–H and O–H groups in total. The number of likely N-dealkylation sites (N-methyl/N-ethyl adjacent to an activating group) is 1. The third-order valence-electron chi connectivity index (χ3n) is 5.90. The highest BCUT2D eigenvalue weighted by molar-refractivity contribution is 5.96. The molecule has 0 spiro atoms. The van der Waals surface area contributed by atoms with E-state index < -0.39 is 5.91 Å². The van der Waals surface area contributed by atoms with Crippen LogP contribution in [0.1, 0.15) is 40.2 Å². The van der Waals surface area contributed by atoms with Gasteiger partial charge in [-0.2, -0.15) is 4.98 Å². The number of nitrogens with two attached hydrogens (primary N) is 1. The van der Waals surface area contributed by atoms with Gasteiger partial charge in [-0.3, -0.25) is 4.79 Å². The number of methoxy groups -OCH3 is 2. The van der Waals surface area contributed by atoms with Crippen LogP contribution in [-0.4, -0.2) is 53.8 Å². The molecule has 1 aromatic heterocycles. The van der Waals surface area contributed by atoms with Gasteiger partial charge in [0.15, 0.2) is 11.5 Å². The Balaban J connectivity index is 1.69. The number of nitrogens with one attached hydrogen (secondary N) is 2. The van der Waals surface area contributed by atoms with Gasteiger partial charge in [-0.1, -0.05) is 18.2 Å². The monoisotopic (exact) mass is 463 g/mol. The number of carbonyl (C=O) groups is 1. The van der Waals surface area contributed by atoms with Crippen molar-refractivity contribution in [1.82, 2.24) is 20.1 Å². The first kappa shape index (κ1) is 23.4. The maximum atomic E-state index is 12.0. The molecule has 1 amide bonds. The minimum Gasteiger partial charge on any atom is -0.495 e. The van der Waals surface area contributed by atoms with Crippen molar-refractivity contribution in [3.05, 3.63) is 58.8 Å². The van der Waals surface area contributed by atoms with Gasteiger partial charge in [0.25, 0.3) is 5.91 Å². The molecule has 0 saturated carbocycles. The lowest BCUT2D eigenvalue weighted by Crippen LogP contribution is -2.26. The summed E-state index contributed by atoms with van der Waals surface area (Å²) >= 11 is 0. The van der Waals surface area contributed by atoms with Crippen LogP contribution in [0.25, 0.3) is 0 Å². The standard InChI is InChI=1S/C24H29N7O3/c1-14(33-3)17-7-5-6-8-18(17)26-23-21(22(25)32)29-30-24(28-23)27-19-11-16-13-31(2)10-9-15(16)12-20(19)34-4/h5-8,11-12,14H,9-10,13H2,1-4H3,(H2,25,32)(H2,26,27,28,30)/t14-/m1/s1. The van der Waals surface area contributed by atoms with Crippen LogP contribution in [0.3, 0.4) is 0 Å². The molecule has 0 saturated heterocycles. The van der Waals surface area contributed by atoms with E-state index in [0.717, 1.165) is 30.8 Å². The summed E-state index contributed by atoms with van der Waals surface area (Å²) in [5.41, 5.74) is 10.3. The van der Waals surface area contributed by atoms with Gasteiger partial charge in [0.2, 0.25) is 5.95 Å². The smallest absolute Gasteiger partial charge is 0.273 e. The fourth-order valence-electron chi connectivity index (χ4n) is 3.97. The predicted octanol–water partition coefficient (Wildman–Crippen LogP) is 3.16. The van der Waals surface area contributed by atoms with E-state index in [2.05, 4.69) is 37.8 Å². The van der Waals surface area contributed by atoms with Crippen molar-refractivity contribution in [2.45, 2.75) is 26.0 Å². The average molecular weight is 464 g/mol. The molecule has 0 unspecified atom stereocenters. The molecule has 1 atom stereocenters. The molecule has 34 heavy (non-hydrogen) atoms. The summed E-state index contributed by atoms with van der Waals surface area (Å²) in [7, 11) is 5.35. The Labute approximate surface area is 198 Å². The molecular weight excluding hydrogens is 434 g/mol. The first-order valence-corrected chi connectivity index (χ1v) is 11.0. The van der Waals surface area contributed by atoms with Gasteiger partial charge in [0.1, 0.15) is 5.75 Å². The van der Waals surface area contributed by atoms with E-state index in [1.807, 2.05) is 43.3 Å². The van der Waals surface area contributed by atoms with Crippen LogP contribution in [0.15, 0.2) is 36.4 Å². The van der Waals surface area contributed by atoms with E-state index >= 15 is 0 Å². The van der Waals surface area contributed by atoms with Crippen molar-refractivity contribution in [1.29, 1.82) is 0 Å². The van der Waals surface area contributed by atoms with Gasteiger partial charge < -0.3 is 30.7 Å². The second-order valence-corrected chi connectivity index (χ2v) is 8.22. The summed E-state index contributed by atoms with van der Waals surface area (Å²) in [6.07, 6.45) is 0.785. The molecule has 0 fully saturated rings. The van der Waals surface area contributed by atoms with E-state index in [9.17, 15) is 4.79 Å². The Morgan fingerprint density at radius 2 is 1.91 bits per heavy atom. The summed E-state index contributed by atoms with van der Waals surface area (Å²) in [5.74, 6) is 0.338. The third-order valence-corrected chi connectivity index (χ3v) is 5.90. The molecular formula is C24H29N7O3. The number of ether oxygens (including phenoxy) is 2. The number of benzene rings is 2. The highest BCUT2D eigenvalue weighted by Gasteiger charge is 2.20. The first-order valence-electron chi connectivity index (χ1n) is 11.0. The van der Waals surface area contributed by atoms with E-state index in [1.54, 1.807) is 14.2 Å². The Morgan fingerprint density at radius 1 is 1.12 bits per heavy atom. The lowest BCUT2D eigenvalue weighted by atomic mass is 9.99. The molecule has 10 nitrogen and oxygen atoms in total. The number of amides is 1. The molecule has 2 heterocycles. The molecule has 3 aromatic rings. The molecule has 2 aromatic carbocycles. The van der Waals surface area contributed by atoms with Crippen molar-refractivity contribution < 1.29 is 14.3 Å². The fourth-order valence-corrected chi connectivity index (χ4v) is 3.97. The highest BCUT2D eigenvalue weighted by atomic mass is 16.5. The van der Waals surface area contributed by atoms with Crippen LogP contribution in [0.4, 0.5) is 23.1 Å². The summed E-state index contributed by atoms with van der Waals surface area (Å²) in [5, 5.41) is 14.5. The van der Waals surface area contributed by atoms with Crippen LogP contribution in [-0.2, 0) is 17.7 Å². The number of anilines is 4.